The van der Waals surface area contributed by atoms with Crippen LogP contribution in [-0.4, -0.2) is 64.4 Å². The number of hydrogen-bond donors (Lipinski definition) is 0. The van der Waals surface area contributed by atoms with E-state index in [0.717, 1.165) is 5.56 Å². The zero-order valence-corrected chi connectivity index (χ0v) is 17.9. The van der Waals surface area contributed by atoms with E-state index in [9.17, 15) is 13.2 Å². The third-order valence-corrected chi connectivity index (χ3v) is 7.37. The van der Waals surface area contributed by atoms with Crippen LogP contribution in [0, 0.1) is 0 Å². The van der Waals surface area contributed by atoms with E-state index < -0.39 is 32.9 Å². The van der Waals surface area contributed by atoms with E-state index in [1.807, 2.05) is 30.3 Å². The molecule has 0 saturated carbocycles. The van der Waals surface area contributed by atoms with E-state index in [4.69, 9.17) is 19.0 Å². The van der Waals surface area contributed by atoms with Crippen molar-refractivity contribution in [2.45, 2.75) is 28.6 Å². The van der Waals surface area contributed by atoms with Crippen molar-refractivity contribution in [3.05, 3.63) is 66.2 Å². The first kappa shape index (κ1) is 22.4. The molecule has 8 nitrogen and oxygen atoms in total. The highest BCUT2D eigenvalue weighted by Crippen LogP contribution is 2.41. The molecule has 2 aromatic rings. The third kappa shape index (κ3) is 3.86. The molecule has 1 saturated heterocycles. The maximum absolute atomic E-state index is 13.7. The molecule has 0 bridgehead atoms. The predicted molar refractivity (Wildman–Crippen MR) is 108 cm³/mol. The highest BCUT2D eigenvalue weighted by molar-refractivity contribution is 7.92. The topological polar surface area (TPSA) is 91.4 Å². The van der Waals surface area contributed by atoms with Gasteiger partial charge in [0.25, 0.3) is 5.72 Å². The second-order valence-electron chi connectivity index (χ2n) is 6.76. The number of hydroxylamine groups is 2. The first-order valence-corrected chi connectivity index (χ1v) is 10.9. The van der Waals surface area contributed by atoms with Gasteiger partial charge < -0.3 is 14.2 Å². The summed E-state index contributed by atoms with van der Waals surface area (Å²) in [7, 11) is -0.179. The number of nitrogens with zero attached hydrogens (tertiary/aromatic N) is 1. The highest BCUT2D eigenvalue weighted by atomic mass is 32.2. The SMILES string of the molecule is COC(=O)[C@@]1(OCc2ccccc2)C(S(=O)(=O)c2ccccc2)[C@H](OC)CN1OC. The molecule has 0 radical (unpaired) electrons. The summed E-state index contributed by atoms with van der Waals surface area (Å²) in [5.41, 5.74) is -1.30. The third-order valence-electron chi connectivity index (χ3n) is 5.15. The Morgan fingerprint density at radius 2 is 1.63 bits per heavy atom. The van der Waals surface area contributed by atoms with Gasteiger partial charge in [0.2, 0.25) is 0 Å². The van der Waals surface area contributed by atoms with Gasteiger partial charge in [-0.25, -0.2) is 13.2 Å². The number of carbonyl (C=O) groups is 1. The molecule has 0 aromatic heterocycles. The Morgan fingerprint density at radius 1 is 1.03 bits per heavy atom. The van der Waals surface area contributed by atoms with Gasteiger partial charge in [-0.2, -0.15) is 0 Å². The van der Waals surface area contributed by atoms with Crippen LogP contribution in [0.4, 0.5) is 0 Å². The summed E-state index contributed by atoms with van der Waals surface area (Å²) in [6.45, 7) is -0.0410. The van der Waals surface area contributed by atoms with Crippen molar-refractivity contribution in [2.24, 2.45) is 0 Å². The van der Waals surface area contributed by atoms with Crippen molar-refractivity contribution in [3.63, 3.8) is 0 Å². The number of hydrogen-bond acceptors (Lipinski definition) is 8. The van der Waals surface area contributed by atoms with Crippen LogP contribution in [0.1, 0.15) is 5.56 Å². The molecule has 3 rings (SSSR count). The Kier molecular flexibility index (Phi) is 6.89. The van der Waals surface area contributed by atoms with Crippen LogP contribution < -0.4 is 0 Å². The van der Waals surface area contributed by atoms with Crippen molar-refractivity contribution < 1.29 is 32.3 Å². The van der Waals surface area contributed by atoms with Crippen LogP contribution in [-0.2, 0) is 40.3 Å². The summed E-state index contributed by atoms with van der Waals surface area (Å²) in [4.78, 5) is 18.5. The molecule has 1 heterocycles. The molecule has 0 aliphatic carbocycles. The Balaban J connectivity index is 2.14. The van der Waals surface area contributed by atoms with E-state index in [1.54, 1.807) is 18.2 Å². The van der Waals surface area contributed by atoms with Gasteiger partial charge in [-0.1, -0.05) is 48.5 Å². The molecular weight excluding hydrogens is 410 g/mol. The Hall–Kier alpha value is -2.30. The number of carbonyl (C=O) groups excluding carboxylic acids is 1. The zero-order chi connectivity index (χ0) is 21.8. The lowest BCUT2D eigenvalue weighted by Gasteiger charge is -2.37. The van der Waals surface area contributed by atoms with Crippen LogP contribution in [0.3, 0.4) is 0 Å². The summed E-state index contributed by atoms with van der Waals surface area (Å²) >= 11 is 0. The van der Waals surface area contributed by atoms with Crippen LogP contribution in [0.25, 0.3) is 0 Å². The molecule has 0 spiro atoms. The maximum atomic E-state index is 13.7. The number of benzene rings is 2. The van der Waals surface area contributed by atoms with E-state index in [-0.39, 0.29) is 18.0 Å². The molecule has 1 fully saturated rings. The summed E-state index contributed by atoms with van der Waals surface area (Å²) in [5, 5.41) is -0.241. The van der Waals surface area contributed by atoms with Gasteiger partial charge in [0.1, 0.15) is 5.25 Å². The molecule has 162 valence electrons. The number of methoxy groups -OCH3 is 2. The first-order chi connectivity index (χ1) is 14.4. The molecule has 2 aromatic carbocycles. The van der Waals surface area contributed by atoms with Crippen LogP contribution in [0.15, 0.2) is 65.6 Å². The largest absolute Gasteiger partial charge is 0.466 e. The van der Waals surface area contributed by atoms with Gasteiger partial charge in [0.05, 0.1) is 38.4 Å². The fraction of sp³-hybridized carbons (Fsp3) is 0.381. The van der Waals surface area contributed by atoms with Crippen LogP contribution >= 0.6 is 0 Å². The van der Waals surface area contributed by atoms with Gasteiger partial charge in [0, 0.05) is 7.11 Å². The van der Waals surface area contributed by atoms with Crippen LogP contribution in [0.2, 0.25) is 0 Å². The molecule has 30 heavy (non-hydrogen) atoms. The molecule has 1 aliphatic heterocycles. The molecule has 9 heteroatoms. The quantitative estimate of drug-likeness (QED) is 0.580. The van der Waals surface area contributed by atoms with Gasteiger partial charge >= 0.3 is 5.97 Å². The standard InChI is InChI=1S/C21H25NO7S/c1-26-18-14-22(28-3)21(20(23)27-2,29-15-16-10-6-4-7-11-16)19(18)30(24,25)17-12-8-5-9-13-17/h4-13,18-19H,14-15H2,1-3H3/t18-,19?,21+/m1/s1. The summed E-state index contributed by atoms with van der Waals surface area (Å²) in [6, 6.07) is 17.0. The monoisotopic (exact) mass is 435 g/mol. The van der Waals surface area contributed by atoms with Crippen LogP contribution in [0.5, 0.6) is 0 Å². The minimum Gasteiger partial charge on any atom is -0.466 e. The lowest BCUT2D eigenvalue weighted by Crippen LogP contribution is -2.61. The van der Waals surface area contributed by atoms with Crippen molar-refractivity contribution in [1.82, 2.24) is 5.06 Å². The van der Waals surface area contributed by atoms with Crippen molar-refractivity contribution in [3.8, 4) is 0 Å². The Bertz CT molecular complexity index is 952. The van der Waals surface area contributed by atoms with E-state index >= 15 is 0 Å². The first-order valence-electron chi connectivity index (χ1n) is 9.31. The minimum absolute atomic E-state index is 0.00633. The molecular formula is C21H25NO7S. The molecule has 1 unspecified atom stereocenters. The lowest BCUT2D eigenvalue weighted by molar-refractivity contribution is -0.278. The molecule has 0 amide bonds. The number of esters is 1. The van der Waals surface area contributed by atoms with Gasteiger partial charge in [-0.15, -0.1) is 5.06 Å². The van der Waals surface area contributed by atoms with Gasteiger partial charge in [-0.05, 0) is 17.7 Å². The average Bonchev–Trinajstić information content (AvgIpc) is 3.13. The average molecular weight is 435 g/mol. The lowest BCUT2D eigenvalue weighted by atomic mass is 10.1. The minimum atomic E-state index is -4.08. The normalized spacial score (nSPS) is 24.6. The fourth-order valence-electron chi connectivity index (χ4n) is 3.71. The maximum Gasteiger partial charge on any atom is 0.357 e. The van der Waals surface area contributed by atoms with Gasteiger partial charge in [0.15, 0.2) is 9.84 Å². The second-order valence-corrected chi connectivity index (χ2v) is 8.83. The fourth-order valence-corrected chi connectivity index (χ4v) is 5.84. The summed E-state index contributed by atoms with van der Waals surface area (Å²) < 4.78 is 43.9. The second kappa shape index (κ2) is 9.23. The van der Waals surface area contributed by atoms with Gasteiger partial charge in [-0.3, -0.25) is 4.84 Å². The highest BCUT2D eigenvalue weighted by Gasteiger charge is 2.67. The smallest absolute Gasteiger partial charge is 0.357 e. The summed E-state index contributed by atoms with van der Waals surface area (Å²) in [6.07, 6.45) is -0.898. The number of sulfone groups is 1. The summed E-state index contributed by atoms with van der Waals surface area (Å²) in [5.74, 6) is -0.885. The Morgan fingerprint density at radius 3 is 2.17 bits per heavy atom. The van der Waals surface area contributed by atoms with Crippen molar-refractivity contribution in [2.75, 3.05) is 27.9 Å². The van der Waals surface area contributed by atoms with E-state index in [2.05, 4.69) is 0 Å². The van der Waals surface area contributed by atoms with Crippen molar-refractivity contribution >= 4 is 15.8 Å². The Labute approximate surface area is 176 Å². The number of ether oxygens (including phenoxy) is 3. The predicted octanol–water partition coefficient (Wildman–Crippen LogP) is 1.81. The molecule has 3 atom stereocenters. The molecule has 0 N–H and O–H groups in total. The molecule has 1 aliphatic rings. The number of rotatable bonds is 8. The zero-order valence-electron chi connectivity index (χ0n) is 17.1. The van der Waals surface area contributed by atoms with E-state index in [1.165, 1.54) is 38.5 Å². The van der Waals surface area contributed by atoms with Crippen molar-refractivity contribution in [1.29, 1.82) is 0 Å². The van der Waals surface area contributed by atoms with E-state index in [0.29, 0.717) is 0 Å².